The van der Waals surface area contributed by atoms with Crippen molar-refractivity contribution >= 4 is 5.91 Å². The zero-order valence-electron chi connectivity index (χ0n) is 8.14. The summed E-state index contributed by atoms with van der Waals surface area (Å²) < 4.78 is 4.88. The van der Waals surface area contributed by atoms with Crippen molar-refractivity contribution in [3.05, 3.63) is 0 Å². The second-order valence-electron chi connectivity index (χ2n) is 3.42. The van der Waals surface area contributed by atoms with E-state index in [1.54, 1.807) is 7.11 Å². The standard InChI is InChI=1S/C9H18N2O2/c1-13-4-2-3-11-9(12)5-8-6-10-7-8/h8,10H,2-7H2,1H3,(H,11,12). The molecule has 1 heterocycles. The van der Waals surface area contributed by atoms with Gasteiger partial charge in [-0.3, -0.25) is 4.79 Å². The van der Waals surface area contributed by atoms with Crippen molar-refractivity contribution in [3.63, 3.8) is 0 Å². The van der Waals surface area contributed by atoms with Crippen molar-refractivity contribution in [2.75, 3.05) is 33.4 Å². The first-order valence-electron chi connectivity index (χ1n) is 4.79. The van der Waals surface area contributed by atoms with Gasteiger partial charge in [-0.1, -0.05) is 0 Å². The monoisotopic (exact) mass is 186 g/mol. The van der Waals surface area contributed by atoms with Gasteiger partial charge < -0.3 is 15.4 Å². The third-order valence-electron chi connectivity index (χ3n) is 2.19. The number of methoxy groups -OCH3 is 1. The lowest BCUT2D eigenvalue weighted by Gasteiger charge is -2.26. The van der Waals surface area contributed by atoms with E-state index in [1.807, 2.05) is 0 Å². The first kappa shape index (κ1) is 10.5. The molecule has 0 aromatic rings. The third kappa shape index (κ3) is 4.24. The van der Waals surface area contributed by atoms with E-state index in [2.05, 4.69) is 10.6 Å². The zero-order chi connectivity index (χ0) is 9.52. The van der Waals surface area contributed by atoms with Gasteiger partial charge in [0.05, 0.1) is 0 Å². The van der Waals surface area contributed by atoms with E-state index >= 15 is 0 Å². The minimum atomic E-state index is 0.169. The van der Waals surface area contributed by atoms with E-state index in [4.69, 9.17) is 4.74 Å². The molecule has 1 aliphatic heterocycles. The largest absolute Gasteiger partial charge is 0.385 e. The molecular weight excluding hydrogens is 168 g/mol. The average molecular weight is 186 g/mol. The Morgan fingerprint density at radius 2 is 2.38 bits per heavy atom. The van der Waals surface area contributed by atoms with E-state index in [0.717, 1.165) is 26.1 Å². The number of hydrogen-bond acceptors (Lipinski definition) is 3. The predicted molar refractivity (Wildman–Crippen MR) is 50.5 cm³/mol. The molecule has 0 radical (unpaired) electrons. The lowest BCUT2D eigenvalue weighted by Crippen LogP contribution is -2.44. The average Bonchev–Trinajstić information content (AvgIpc) is 2.06. The smallest absolute Gasteiger partial charge is 0.220 e. The molecule has 1 amide bonds. The van der Waals surface area contributed by atoms with Gasteiger partial charge >= 0.3 is 0 Å². The molecule has 0 spiro atoms. The summed E-state index contributed by atoms with van der Waals surface area (Å²) in [6, 6.07) is 0. The van der Waals surface area contributed by atoms with Crippen LogP contribution < -0.4 is 10.6 Å². The lowest BCUT2D eigenvalue weighted by atomic mass is 9.99. The fraction of sp³-hybridized carbons (Fsp3) is 0.889. The molecule has 1 fully saturated rings. The highest BCUT2D eigenvalue weighted by Crippen LogP contribution is 2.07. The second-order valence-corrected chi connectivity index (χ2v) is 3.42. The Hall–Kier alpha value is -0.610. The quantitative estimate of drug-likeness (QED) is 0.562. The number of nitrogens with one attached hydrogen (secondary N) is 2. The molecule has 1 rings (SSSR count). The first-order valence-corrected chi connectivity index (χ1v) is 4.79. The Balaban J connectivity index is 1.91. The van der Waals surface area contributed by atoms with Gasteiger partial charge in [-0.25, -0.2) is 0 Å². The van der Waals surface area contributed by atoms with E-state index < -0.39 is 0 Å². The molecule has 76 valence electrons. The van der Waals surface area contributed by atoms with Crippen LogP contribution in [0.25, 0.3) is 0 Å². The Morgan fingerprint density at radius 3 is 2.92 bits per heavy atom. The van der Waals surface area contributed by atoms with Gasteiger partial charge in [-0.15, -0.1) is 0 Å². The van der Waals surface area contributed by atoms with Crippen molar-refractivity contribution in [3.8, 4) is 0 Å². The third-order valence-corrected chi connectivity index (χ3v) is 2.19. The summed E-state index contributed by atoms with van der Waals surface area (Å²) in [5.41, 5.74) is 0. The molecule has 0 aromatic carbocycles. The Labute approximate surface area is 79.0 Å². The van der Waals surface area contributed by atoms with E-state index in [9.17, 15) is 4.79 Å². The van der Waals surface area contributed by atoms with E-state index in [0.29, 0.717) is 18.9 Å². The molecule has 13 heavy (non-hydrogen) atoms. The molecule has 0 saturated carbocycles. The molecule has 1 aliphatic rings. The molecule has 0 unspecified atom stereocenters. The molecule has 0 aliphatic carbocycles. The summed E-state index contributed by atoms with van der Waals surface area (Å²) >= 11 is 0. The highest BCUT2D eigenvalue weighted by atomic mass is 16.5. The minimum Gasteiger partial charge on any atom is -0.385 e. The number of hydrogen-bond donors (Lipinski definition) is 2. The Bertz CT molecular complexity index is 158. The maximum absolute atomic E-state index is 11.2. The van der Waals surface area contributed by atoms with Crippen LogP contribution in [0.5, 0.6) is 0 Å². The minimum absolute atomic E-state index is 0.169. The second kappa shape index (κ2) is 5.94. The summed E-state index contributed by atoms with van der Waals surface area (Å²) in [6.45, 7) is 3.43. The first-order chi connectivity index (χ1) is 6.33. The van der Waals surface area contributed by atoms with E-state index in [1.165, 1.54) is 0 Å². The number of carbonyl (C=O) groups is 1. The summed E-state index contributed by atoms with van der Waals surface area (Å²) in [4.78, 5) is 11.2. The summed E-state index contributed by atoms with van der Waals surface area (Å²) in [7, 11) is 1.67. The van der Waals surface area contributed by atoms with Crippen LogP contribution in [-0.4, -0.2) is 39.3 Å². The van der Waals surface area contributed by atoms with Crippen LogP contribution in [0, 0.1) is 5.92 Å². The van der Waals surface area contributed by atoms with Crippen LogP contribution in [0.1, 0.15) is 12.8 Å². The summed E-state index contributed by atoms with van der Waals surface area (Å²) in [5, 5.41) is 6.01. The Kier molecular flexibility index (Phi) is 4.78. The molecule has 0 bridgehead atoms. The highest BCUT2D eigenvalue weighted by Gasteiger charge is 2.19. The number of ether oxygens (including phenoxy) is 1. The van der Waals surface area contributed by atoms with Crippen molar-refractivity contribution in [1.82, 2.24) is 10.6 Å². The summed E-state index contributed by atoms with van der Waals surface area (Å²) in [5.74, 6) is 0.727. The number of carbonyl (C=O) groups excluding carboxylic acids is 1. The molecule has 2 N–H and O–H groups in total. The number of rotatable bonds is 6. The predicted octanol–water partition coefficient (Wildman–Crippen LogP) is -0.251. The maximum atomic E-state index is 11.2. The fourth-order valence-electron chi connectivity index (χ4n) is 1.27. The van der Waals surface area contributed by atoms with Crippen molar-refractivity contribution < 1.29 is 9.53 Å². The molecular formula is C9H18N2O2. The van der Waals surface area contributed by atoms with Crippen LogP contribution in [0.3, 0.4) is 0 Å². The van der Waals surface area contributed by atoms with Crippen molar-refractivity contribution in [1.29, 1.82) is 0 Å². The molecule has 0 atom stereocenters. The van der Waals surface area contributed by atoms with Gasteiger partial charge in [0.15, 0.2) is 0 Å². The van der Waals surface area contributed by atoms with Gasteiger partial charge in [-0.2, -0.15) is 0 Å². The SMILES string of the molecule is COCCCNC(=O)CC1CNC1. The maximum Gasteiger partial charge on any atom is 0.220 e. The number of amides is 1. The van der Waals surface area contributed by atoms with Gasteiger partial charge in [0.2, 0.25) is 5.91 Å². The van der Waals surface area contributed by atoms with Gasteiger partial charge in [-0.05, 0) is 25.4 Å². The van der Waals surface area contributed by atoms with Crippen LogP contribution in [0.2, 0.25) is 0 Å². The van der Waals surface area contributed by atoms with Gasteiger partial charge in [0.25, 0.3) is 0 Å². The fourth-order valence-corrected chi connectivity index (χ4v) is 1.27. The van der Waals surface area contributed by atoms with Crippen LogP contribution in [0.4, 0.5) is 0 Å². The molecule has 4 heteroatoms. The summed E-state index contributed by atoms with van der Waals surface area (Å²) in [6.07, 6.45) is 1.56. The normalized spacial score (nSPS) is 16.7. The van der Waals surface area contributed by atoms with Crippen LogP contribution >= 0.6 is 0 Å². The van der Waals surface area contributed by atoms with Gasteiger partial charge in [0.1, 0.15) is 0 Å². The van der Waals surface area contributed by atoms with Crippen molar-refractivity contribution in [2.24, 2.45) is 5.92 Å². The van der Waals surface area contributed by atoms with E-state index in [-0.39, 0.29) is 5.91 Å². The van der Waals surface area contributed by atoms with Gasteiger partial charge in [0, 0.05) is 26.7 Å². The van der Waals surface area contributed by atoms with Crippen LogP contribution in [-0.2, 0) is 9.53 Å². The topological polar surface area (TPSA) is 50.4 Å². The zero-order valence-corrected chi connectivity index (χ0v) is 8.14. The van der Waals surface area contributed by atoms with Crippen molar-refractivity contribution in [2.45, 2.75) is 12.8 Å². The lowest BCUT2D eigenvalue weighted by molar-refractivity contribution is -0.122. The molecule has 4 nitrogen and oxygen atoms in total. The van der Waals surface area contributed by atoms with Crippen LogP contribution in [0.15, 0.2) is 0 Å². The molecule has 0 aromatic heterocycles. The Morgan fingerprint density at radius 1 is 1.62 bits per heavy atom. The molecule has 1 saturated heterocycles. The highest BCUT2D eigenvalue weighted by molar-refractivity contribution is 5.76.